The number of nitrogens with one attached hydrogen (secondary N) is 1. The predicted molar refractivity (Wildman–Crippen MR) is 87.7 cm³/mol. The van der Waals surface area contributed by atoms with Crippen molar-refractivity contribution in [2.45, 2.75) is 39.2 Å². The van der Waals surface area contributed by atoms with E-state index in [0.717, 1.165) is 19.4 Å². The molecule has 1 aromatic rings. The molecule has 1 amide bonds. The quantitative estimate of drug-likeness (QED) is 0.730. The Bertz CT molecular complexity index is 477. The van der Waals surface area contributed by atoms with Crippen LogP contribution >= 0.6 is 11.6 Å². The molecule has 0 heterocycles. The van der Waals surface area contributed by atoms with Gasteiger partial charge >= 0.3 is 0 Å². The number of unbranched alkanes of at least 4 members (excludes halogenated alkanes) is 1. The summed E-state index contributed by atoms with van der Waals surface area (Å²) < 4.78 is 13.0. The van der Waals surface area contributed by atoms with E-state index in [1.165, 1.54) is 18.2 Å². The van der Waals surface area contributed by atoms with E-state index in [2.05, 4.69) is 12.2 Å². The first-order valence-electron chi connectivity index (χ1n) is 7.60. The van der Waals surface area contributed by atoms with Crippen LogP contribution in [0, 0.1) is 5.82 Å². The number of aliphatic hydroxyl groups is 1. The molecule has 0 aliphatic heterocycles. The lowest BCUT2D eigenvalue weighted by atomic mass is 10.2. The van der Waals surface area contributed by atoms with Crippen LogP contribution in [0.2, 0.25) is 5.02 Å². The Hall–Kier alpha value is -1.17. The minimum atomic E-state index is -0.441. The van der Waals surface area contributed by atoms with Gasteiger partial charge in [-0.3, -0.25) is 9.69 Å². The molecule has 1 unspecified atom stereocenters. The van der Waals surface area contributed by atoms with Crippen molar-refractivity contribution in [3.63, 3.8) is 0 Å². The van der Waals surface area contributed by atoms with E-state index >= 15 is 0 Å². The van der Waals surface area contributed by atoms with Gasteiger partial charge in [-0.2, -0.15) is 0 Å². The molecule has 1 atom stereocenters. The fraction of sp³-hybridized carbons (Fsp3) is 0.562. The molecule has 22 heavy (non-hydrogen) atoms. The Balaban J connectivity index is 2.70. The largest absolute Gasteiger partial charge is 0.396 e. The van der Waals surface area contributed by atoms with Crippen LogP contribution in [0.15, 0.2) is 18.2 Å². The average Bonchev–Trinajstić information content (AvgIpc) is 2.49. The zero-order valence-electron chi connectivity index (χ0n) is 13.1. The molecule has 124 valence electrons. The van der Waals surface area contributed by atoms with Crippen molar-refractivity contribution in [3.8, 4) is 0 Å². The van der Waals surface area contributed by atoms with Crippen LogP contribution in [-0.4, -0.2) is 41.7 Å². The number of halogens is 2. The first-order valence-corrected chi connectivity index (χ1v) is 7.98. The van der Waals surface area contributed by atoms with Crippen LogP contribution in [0.5, 0.6) is 0 Å². The monoisotopic (exact) mass is 330 g/mol. The molecular formula is C16H24ClFN2O2. The molecular weight excluding hydrogens is 307 g/mol. The van der Waals surface area contributed by atoms with E-state index in [-0.39, 0.29) is 23.6 Å². The molecule has 0 radical (unpaired) electrons. The number of carbonyl (C=O) groups is 1. The summed E-state index contributed by atoms with van der Waals surface area (Å²) in [6.07, 6.45) is 2.65. The third-order valence-corrected chi connectivity index (χ3v) is 3.83. The summed E-state index contributed by atoms with van der Waals surface area (Å²) in [6.45, 7) is 5.46. The molecule has 1 rings (SSSR count). The Kier molecular flexibility index (Phi) is 8.38. The summed E-state index contributed by atoms with van der Waals surface area (Å²) in [5.41, 5.74) is 0.400. The van der Waals surface area contributed by atoms with Gasteiger partial charge in [0.05, 0.1) is 16.8 Å². The predicted octanol–water partition coefficient (Wildman–Crippen LogP) is 3.29. The number of rotatable bonds is 9. The number of aliphatic hydroxyl groups excluding tert-OH is 1. The minimum Gasteiger partial charge on any atom is -0.396 e. The molecule has 6 heteroatoms. The molecule has 0 aliphatic carbocycles. The van der Waals surface area contributed by atoms with E-state index in [1.807, 2.05) is 11.8 Å². The van der Waals surface area contributed by atoms with Gasteiger partial charge in [-0.15, -0.1) is 0 Å². The van der Waals surface area contributed by atoms with Crippen LogP contribution < -0.4 is 5.32 Å². The van der Waals surface area contributed by atoms with E-state index < -0.39 is 5.82 Å². The summed E-state index contributed by atoms with van der Waals surface area (Å²) in [4.78, 5) is 14.4. The SMILES string of the molecule is CCCCN(CCCO)C(C)C(=O)Nc1ccc(F)cc1Cl. The second-order valence-electron chi connectivity index (χ2n) is 5.26. The topological polar surface area (TPSA) is 52.6 Å². The van der Waals surface area contributed by atoms with Gasteiger partial charge in [0, 0.05) is 13.2 Å². The van der Waals surface area contributed by atoms with Gasteiger partial charge < -0.3 is 10.4 Å². The summed E-state index contributed by atoms with van der Waals surface area (Å²) in [5, 5.41) is 11.9. The van der Waals surface area contributed by atoms with Gasteiger partial charge in [0.2, 0.25) is 5.91 Å². The molecule has 0 bridgehead atoms. The van der Waals surface area contributed by atoms with Gasteiger partial charge in [-0.05, 0) is 44.5 Å². The lowest BCUT2D eigenvalue weighted by Crippen LogP contribution is -2.43. The Labute approximate surface area is 136 Å². The molecule has 0 aromatic heterocycles. The number of carbonyl (C=O) groups excluding carboxylic acids is 1. The molecule has 2 N–H and O–H groups in total. The molecule has 0 aliphatic rings. The average molecular weight is 331 g/mol. The summed E-state index contributed by atoms with van der Waals surface area (Å²) in [5.74, 6) is -0.633. The van der Waals surface area contributed by atoms with Gasteiger partial charge in [0.25, 0.3) is 0 Å². The highest BCUT2D eigenvalue weighted by Gasteiger charge is 2.21. The number of anilines is 1. The van der Waals surface area contributed by atoms with Crippen molar-refractivity contribution in [2.75, 3.05) is 25.0 Å². The van der Waals surface area contributed by atoms with Crippen molar-refractivity contribution in [3.05, 3.63) is 29.0 Å². The van der Waals surface area contributed by atoms with Gasteiger partial charge in [0.15, 0.2) is 0 Å². The maximum atomic E-state index is 13.0. The normalized spacial score (nSPS) is 12.5. The van der Waals surface area contributed by atoms with Crippen molar-refractivity contribution in [1.82, 2.24) is 4.90 Å². The number of amides is 1. The Morgan fingerprint density at radius 2 is 2.09 bits per heavy atom. The van der Waals surface area contributed by atoms with Crippen LogP contribution in [0.1, 0.15) is 33.1 Å². The third-order valence-electron chi connectivity index (χ3n) is 3.52. The molecule has 0 saturated carbocycles. The van der Waals surface area contributed by atoms with Crippen LogP contribution in [0.25, 0.3) is 0 Å². The minimum absolute atomic E-state index is 0.0980. The van der Waals surface area contributed by atoms with Crippen molar-refractivity contribution in [1.29, 1.82) is 0 Å². The highest BCUT2D eigenvalue weighted by Crippen LogP contribution is 2.22. The van der Waals surface area contributed by atoms with Crippen molar-refractivity contribution < 1.29 is 14.3 Å². The lowest BCUT2D eigenvalue weighted by Gasteiger charge is -2.28. The van der Waals surface area contributed by atoms with E-state index in [9.17, 15) is 9.18 Å². The first kappa shape index (κ1) is 18.9. The van der Waals surface area contributed by atoms with Gasteiger partial charge in [-0.1, -0.05) is 24.9 Å². The summed E-state index contributed by atoms with van der Waals surface area (Å²) in [6, 6.07) is 3.53. The van der Waals surface area contributed by atoms with E-state index in [1.54, 1.807) is 0 Å². The van der Waals surface area contributed by atoms with Crippen LogP contribution in [-0.2, 0) is 4.79 Å². The van der Waals surface area contributed by atoms with E-state index in [4.69, 9.17) is 16.7 Å². The summed E-state index contributed by atoms with van der Waals surface area (Å²) in [7, 11) is 0. The molecule has 0 saturated heterocycles. The second-order valence-corrected chi connectivity index (χ2v) is 5.66. The smallest absolute Gasteiger partial charge is 0.241 e. The number of nitrogens with zero attached hydrogens (tertiary/aromatic N) is 1. The lowest BCUT2D eigenvalue weighted by molar-refractivity contribution is -0.120. The third kappa shape index (κ3) is 5.91. The number of hydrogen-bond acceptors (Lipinski definition) is 3. The fourth-order valence-electron chi connectivity index (χ4n) is 2.13. The fourth-order valence-corrected chi connectivity index (χ4v) is 2.34. The zero-order chi connectivity index (χ0) is 16.5. The number of hydrogen-bond donors (Lipinski definition) is 2. The molecule has 0 fully saturated rings. The second kappa shape index (κ2) is 9.77. The van der Waals surface area contributed by atoms with Crippen molar-refractivity contribution >= 4 is 23.2 Å². The van der Waals surface area contributed by atoms with Crippen LogP contribution in [0.3, 0.4) is 0 Å². The first-order chi connectivity index (χ1) is 10.5. The maximum absolute atomic E-state index is 13.0. The van der Waals surface area contributed by atoms with Gasteiger partial charge in [0.1, 0.15) is 5.82 Å². The molecule has 1 aromatic carbocycles. The highest BCUT2D eigenvalue weighted by atomic mass is 35.5. The van der Waals surface area contributed by atoms with Crippen molar-refractivity contribution in [2.24, 2.45) is 0 Å². The Morgan fingerprint density at radius 3 is 2.68 bits per heavy atom. The standard InChI is InChI=1S/C16H24ClFN2O2/c1-3-4-8-20(9-5-10-21)12(2)16(22)19-15-7-6-13(18)11-14(15)17/h6-7,11-12,21H,3-5,8-10H2,1-2H3,(H,19,22). The molecule has 4 nitrogen and oxygen atoms in total. The number of benzene rings is 1. The van der Waals surface area contributed by atoms with Gasteiger partial charge in [-0.25, -0.2) is 4.39 Å². The zero-order valence-corrected chi connectivity index (χ0v) is 13.9. The maximum Gasteiger partial charge on any atom is 0.241 e. The highest BCUT2D eigenvalue weighted by molar-refractivity contribution is 6.33. The molecule has 0 spiro atoms. The van der Waals surface area contributed by atoms with Crippen LogP contribution in [0.4, 0.5) is 10.1 Å². The van der Waals surface area contributed by atoms with E-state index in [0.29, 0.717) is 18.7 Å². The summed E-state index contributed by atoms with van der Waals surface area (Å²) >= 11 is 5.92. The Morgan fingerprint density at radius 1 is 1.41 bits per heavy atom.